The molecule has 6 nitrogen and oxygen atoms in total. The number of amides is 4. The zero-order valence-corrected chi connectivity index (χ0v) is 12.7. The monoisotopic (exact) mass is 301 g/mol. The summed E-state index contributed by atoms with van der Waals surface area (Å²) in [5.74, 6) is -0.402. The van der Waals surface area contributed by atoms with Gasteiger partial charge in [0, 0.05) is 12.7 Å². The molecule has 1 aliphatic carbocycles. The third kappa shape index (κ3) is 2.34. The summed E-state index contributed by atoms with van der Waals surface area (Å²) < 4.78 is 0. The van der Waals surface area contributed by atoms with Crippen molar-refractivity contribution in [2.45, 2.75) is 25.3 Å². The van der Waals surface area contributed by atoms with Crippen LogP contribution in [0.3, 0.4) is 0 Å². The van der Waals surface area contributed by atoms with Gasteiger partial charge in [0.25, 0.3) is 5.91 Å². The molecule has 1 heterocycles. The van der Waals surface area contributed by atoms with Gasteiger partial charge in [-0.05, 0) is 37.8 Å². The minimum atomic E-state index is -0.845. The maximum absolute atomic E-state index is 12.5. The van der Waals surface area contributed by atoms with Crippen molar-refractivity contribution in [3.8, 4) is 0 Å². The largest absolute Gasteiger partial charge is 0.325 e. The average Bonchev–Trinajstić information content (AvgIpc) is 3.33. The molecule has 1 atom stereocenters. The zero-order valence-electron chi connectivity index (χ0n) is 12.7. The highest BCUT2D eigenvalue weighted by Gasteiger charge is 2.56. The molecule has 0 bridgehead atoms. The molecule has 0 aromatic heterocycles. The van der Waals surface area contributed by atoms with Crippen LogP contribution in [0.2, 0.25) is 0 Å². The summed E-state index contributed by atoms with van der Waals surface area (Å²) in [4.78, 5) is 39.4. The molecule has 1 saturated heterocycles. The Morgan fingerprint density at radius 3 is 2.55 bits per heavy atom. The Kier molecular flexibility index (Phi) is 3.39. The predicted molar refractivity (Wildman–Crippen MR) is 81.2 cm³/mol. The van der Waals surface area contributed by atoms with E-state index >= 15 is 0 Å². The van der Waals surface area contributed by atoms with Crippen molar-refractivity contribution in [1.29, 1.82) is 0 Å². The van der Waals surface area contributed by atoms with Gasteiger partial charge in [0.05, 0.1) is 0 Å². The van der Waals surface area contributed by atoms with Gasteiger partial charge in [-0.3, -0.25) is 14.5 Å². The first-order valence-electron chi connectivity index (χ1n) is 7.39. The van der Waals surface area contributed by atoms with Gasteiger partial charge in [-0.15, -0.1) is 0 Å². The van der Waals surface area contributed by atoms with E-state index in [0.29, 0.717) is 0 Å². The van der Waals surface area contributed by atoms with E-state index in [0.717, 1.165) is 23.4 Å². The van der Waals surface area contributed by atoms with Crippen molar-refractivity contribution in [1.82, 2.24) is 10.2 Å². The van der Waals surface area contributed by atoms with Gasteiger partial charge in [-0.1, -0.05) is 18.2 Å². The van der Waals surface area contributed by atoms with E-state index in [1.165, 1.54) is 4.90 Å². The molecular formula is C16H19N3O3. The van der Waals surface area contributed by atoms with Gasteiger partial charge in [0.15, 0.2) is 0 Å². The third-order valence-corrected chi connectivity index (χ3v) is 4.51. The summed E-state index contributed by atoms with van der Waals surface area (Å²) in [6.45, 7) is 1.51. The van der Waals surface area contributed by atoms with Crippen molar-refractivity contribution < 1.29 is 14.4 Å². The highest BCUT2D eigenvalue weighted by molar-refractivity contribution is 6.10. The van der Waals surface area contributed by atoms with Crippen LogP contribution in [0.5, 0.6) is 0 Å². The third-order valence-electron chi connectivity index (χ3n) is 4.51. The zero-order chi connectivity index (χ0) is 15.9. The fraction of sp³-hybridized carbons (Fsp3) is 0.438. The van der Waals surface area contributed by atoms with Crippen molar-refractivity contribution in [2.75, 3.05) is 18.5 Å². The molecule has 116 valence electrons. The smallest absolute Gasteiger partial charge is 0.323 e. The molecule has 1 N–H and O–H groups in total. The SMILES string of the molecule is CN(C(=O)CN1C(=O)NC(C)(C2CC2)C1=O)c1ccccc1. The fourth-order valence-corrected chi connectivity index (χ4v) is 2.83. The van der Waals surface area contributed by atoms with E-state index in [1.807, 2.05) is 18.2 Å². The van der Waals surface area contributed by atoms with Crippen LogP contribution < -0.4 is 10.2 Å². The second-order valence-corrected chi connectivity index (χ2v) is 6.09. The summed E-state index contributed by atoms with van der Waals surface area (Å²) in [5.41, 5.74) is -0.118. The number of nitrogens with one attached hydrogen (secondary N) is 1. The van der Waals surface area contributed by atoms with Gasteiger partial charge >= 0.3 is 6.03 Å². The predicted octanol–water partition coefficient (Wildman–Crippen LogP) is 1.37. The second-order valence-electron chi connectivity index (χ2n) is 6.09. The lowest BCUT2D eigenvalue weighted by molar-refractivity contribution is -0.134. The van der Waals surface area contributed by atoms with E-state index in [2.05, 4.69) is 5.32 Å². The Balaban J connectivity index is 1.71. The van der Waals surface area contributed by atoms with Crippen LogP contribution in [-0.4, -0.2) is 41.9 Å². The van der Waals surface area contributed by atoms with Crippen LogP contribution in [0, 0.1) is 5.92 Å². The minimum Gasteiger partial charge on any atom is -0.323 e. The van der Waals surface area contributed by atoms with Crippen molar-refractivity contribution in [3.63, 3.8) is 0 Å². The lowest BCUT2D eigenvalue weighted by Gasteiger charge is -2.22. The van der Waals surface area contributed by atoms with E-state index in [9.17, 15) is 14.4 Å². The first kappa shape index (κ1) is 14.6. The molecule has 6 heteroatoms. The fourth-order valence-electron chi connectivity index (χ4n) is 2.83. The van der Waals surface area contributed by atoms with Crippen LogP contribution in [0.15, 0.2) is 30.3 Å². The molecule has 0 radical (unpaired) electrons. The Bertz CT molecular complexity index is 627. The maximum atomic E-state index is 12.5. The molecule has 1 aromatic carbocycles. The van der Waals surface area contributed by atoms with Gasteiger partial charge in [0.2, 0.25) is 5.91 Å². The molecule has 1 aromatic rings. The molecule has 0 spiro atoms. The molecule has 2 fully saturated rings. The van der Waals surface area contributed by atoms with E-state index < -0.39 is 11.6 Å². The van der Waals surface area contributed by atoms with E-state index in [4.69, 9.17) is 0 Å². The van der Waals surface area contributed by atoms with Gasteiger partial charge in [-0.2, -0.15) is 0 Å². The minimum absolute atomic E-state index is 0.191. The normalized spacial score (nSPS) is 24.4. The summed E-state index contributed by atoms with van der Waals surface area (Å²) >= 11 is 0. The molecule has 2 aliphatic rings. The van der Waals surface area contributed by atoms with Crippen LogP contribution >= 0.6 is 0 Å². The lowest BCUT2D eigenvalue weighted by atomic mass is 9.96. The number of hydrogen-bond acceptors (Lipinski definition) is 3. The summed E-state index contributed by atoms with van der Waals surface area (Å²) in [5, 5.41) is 2.74. The number of likely N-dealkylation sites (N-methyl/N-ethyl adjacent to an activating group) is 1. The second kappa shape index (κ2) is 5.12. The van der Waals surface area contributed by atoms with Crippen LogP contribution in [0.25, 0.3) is 0 Å². The molecule has 1 aliphatic heterocycles. The highest BCUT2D eigenvalue weighted by atomic mass is 16.2. The Hall–Kier alpha value is -2.37. The Labute approximate surface area is 129 Å². The summed E-state index contributed by atoms with van der Waals surface area (Å²) in [6, 6.07) is 8.65. The van der Waals surface area contributed by atoms with E-state index in [1.54, 1.807) is 26.1 Å². The number of rotatable bonds is 4. The number of hydrogen-bond donors (Lipinski definition) is 1. The number of anilines is 1. The highest BCUT2D eigenvalue weighted by Crippen LogP contribution is 2.42. The van der Waals surface area contributed by atoms with Crippen LogP contribution in [0.1, 0.15) is 19.8 Å². The van der Waals surface area contributed by atoms with Gasteiger partial charge in [-0.25, -0.2) is 4.79 Å². The number of carbonyl (C=O) groups is 3. The van der Waals surface area contributed by atoms with E-state index in [-0.39, 0.29) is 24.3 Å². The number of benzene rings is 1. The van der Waals surface area contributed by atoms with Crippen molar-refractivity contribution in [3.05, 3.63) is 30.3 Å². The van der Waals surface area contributed by atoms with Crippen LogP contribution in [0.4, 0.5) is 10.5 Å². The number of urea groups is 1. The van der Waals surface area contributed by atoms with Crippen LogP contribution in [-0.2, 0) is 9.59 Å². The Morgan fingerprint density at radius 2 is 1.95 bits per heavy atom. The molecule has 1 saturated carbocycles. The molecule has 1 unspecified atom stereocenters. The van der Waals surface area contributed by atoms with Gasteiger partial charge < -0.3 is 10.2 Å². The first-order chi connectivity index (χ1) is 10.4. The number of imide groups is 1. The number of nitrogens with zero attached hydrogens (tertiary/aromatic N) is 2. The quantitative estimate of drug-likeness (QED) is 0.854. The standard InChI is InChI=1S/C16H19N3O3/c1-16(11-8-9-11)14(21)19(15(22)17-16)10-13(20)18(2)12-6-4-3-5-7-12/h3-7,11H,8-10H2,1-2H3,(H,17,22). The topological polar surface area (TPSA) is 69.7 Å². The Morgan fingerprint density at radius 1 is 1.32 bits per heavy atom. The number of carbonyl (C=O) groups excluding carboxylic acids is 3. The lowest BCUT2D eigenvalue weighted by Crippen LogP contribution is -2.47. The molecule has 3 rings (SSSR count). The van der Waals surface area contributed by atoms with Crippen molar-refractivity contribution >= 4 is 23.5 Å². The summed E-state index contributed by atoms with van der Waals surface area (Å²) in [6.07, 6.45) is 1.88. The summed E-state index contributed by atoms with van der Waals surface area (Å²) in [7, 11) is 1.64. The molecular weight excluding hydrogens is 282 g/mol. The molecule has 22 heavy (non-hydrogen) atoms. The number of para-hydroxylation sites is 1. The molecule has 4 amide bonds. The maximum Gasteiger partial charge on any atom is 0.325 e. The average molecular weight is 301 g/mol. The van der Waals surface area contributed by atoms with Crippen molar-refractivity contribution in [2.24, 2.45) is 5.92 Å². The van der Waals surface area contributed by atoms with Gasteiger partial charge in [0.1, 0.15) is 12.1 Å². The first-order valence-corrected chi connectivity index (χ1v) is 7.39.